The summed E-state index contributed by atoms with van der Waals surface area (Å²) >= 11 is 0.340. The number of ether oxygens (including phenoxy) is 2. The molecule has 0 radical (unpaired) electrons. The predicted molar refractivity (Wildman–Crippen MR) is 124 cm³/mol. The molecule has 0 spiro atoms. The number of carbonyl (C=O) groups is 2. The van der Waals surface area contributed by atoms with E-state index in [2.05, 4.69) is 5.32 Å². The Morgan fingerprint density at radius 1 is 0.970 bits per heavy atom. The maximum absolute atomic E-state index is 13.9. The molecular formula is C22H32F4NO4PS. The van der Waals surface area contributed by atoms with Gasteiger partial charge in [0.1, 0.15) is 5.60 Å². The molecule has 1 atom stereocenters. The van der Waals surface area contributed by atoms with E-state index in [4.69, 9.17) is 9.47 Å². The van der Waals surface area contributed by atoms with Gasteiger partial charge < -0.3 is 14.8 Å². The van der Waals surface area contributed by atoms with Crippen molar-refractivity contribution in [1.29, 1.82) is 0 Å². The number of rotatable bonds is 13. The standard InChI is InChI=1S/C22H32F4NO4PS/c1-21(2,30-5)10-12-31-22(3,4)20(29)27-11-8-6-7-9-13(28)33-19-17(26)15(24)14(23)16(25)18(19)32/h6-12,32H2,1-5H3,(H,27,29). The van der Waals surface area contributed by atoms with Crippen molar-refractivity contribution in [1.82, 2.24) is 5.32 Å². The first-order valence-electron chi connectivity index (χ1n) is 10.5. The predicted octanol–water partition coefficient (Wildman–Crippen LogP) is 4.65. The van der Waals surface area contributed by atoms with Crippen LogP contribution in [0.5, 0.6) is 0 Å². The number of benzene rings is 1. The minimum absolute atomic E-state index is 0.0344. The molecule has 1 N–H and O–H groups in total. The summed E-state index contributed by atoms with van der Waals surface area (Å²) in [4.78, 5) is 23.8. The van der Waals surface area contributed by atoms with E-state index < -0.39 is 44.2 Å². The van der Waals surface area contributed by atoms with Crippen LogP contribution in [0, 0.1) is 23.3 Å². The third-order valence-electron chi connectivity index (χ3n) is 5.08. The fourth-order valence-corrected chi connectivity index (χ4v) is 3.88. The number of thioether (sulfide) groups is 1. The van der Waals surface area contributed by atoms with Crippen molar-refractivity contribution >= 4 is 37.3 Å². The van der Waals surface area contributed by atoms with Crippen molar-refractivity contribution in [3.05, 3.63) is 23.3 Å². The Kier molecular flexibility index (Phi) is 11.8. The largest absolute Gasteiger partial charge is 0.379 e. The first-order chi connectivity index (χ1) is 15.2. The number of hydrogen-bond acceptors (Lipinski definition) is 5. The van der Waals surface area contributed by atoms with E-state index >= 15 is 0 Å². The van der Waals surface area contributed by atoms with Crippen molar-refractivity contribution in [3.63, 3.8) is 0 Å². The molecule has 1 unspecified atom stereocenters. The van der Waals surface area contributed by atoms with Crippen LogP contribution in [0.25, 0.3) is 0 Å². The topological polar surface area (TPSA) is 64.6 Å². The molecule has 0 bridgehead atoms. The Morgan fingerprint density at radius 2 is 1.58 bits per heavy atom. The number of amides is 1. The van der Waals surface area contributed by atoms with E-state index in [0.717, 1.165) is 0 Å². The maximum atomic E-state index is 13.9. The zero-order valence-corrected chi connectivity index (χ0v) is 21.6. The lowest BCUT2D eigenvalue weighted by Crippen LogP contribution is -2.45. The molecule has 0 aliphatic heterocycles. The van der Waals surface area contributed by atoms with Gasteiger partial charge >= 0.3 is 0 Å². The summed E-state index contributed by atoms with van der Waals surface area (Å²) in [5.74, 6) is -7.24. The van der Waals surface area contributed by atoms with Gasteiger partial charge in [-0.2, -0.15) is 0 Å². The highest BCUT2D eigenvalue weighted by Crippen LogP contribution is 2.29. The van der Waals surface area contributed by atoms with E-state index in [-0.39, 0.29) is 17.9 Å². The molecule has 188 valence electrons. The minimum atomic E-state index is -1.95. The number of nitrogens with one attached hydrogen (secondary N) is 1. The highest BCUT2D eigenvalue weighted by molar-refractivity contribution is 8.13. The third-order valence-corrected chi connectivity index (χ3v) is 6.87. The molecule has 0 heterocycles. The SMILES string of the molecule is COC(C)(C)CCOC(C)(C)C(=O)NCCCCCC(=O)Sc1c(F)c(F)c(F)c(F)c1P. The summed E-state index contributed by atoms with van der Waals surface area (Å²) in [6, 6.07) is 0. The van der Waals surface area contributed by atoms with Gasteiger partial charge in [0.05, 0.1) is 17.1 Å². The third kappa shape index (κ3) is 9.15. The van der Waals surface area contributed by atoms with Gasteiger partial charge in [-0.25, -0.2) is 17.6 Å². The summed E-state index contributed by atoms with van der Waals surface area (Å²) in [5.41, 5.74) is -1.35. The van der Waals surface area contributed by atoms with E-state index in [9.17, 15) is 27.2 Å². The zero-order chi connectivity index (χ0) is 25.4. The average Bonchev–Trinajstić information content (AvgIpc) is 2.75. The van der Waals surface area contributed by atoms with Crippen LogP contribution in [0.15, 0.2) is 4.90 Å². The Bertz CT molecular complexity index is 823. The summed E-state index contributed by atoms with van der Waals surface area (Å²) < 4.78 is 65.0. The van der Waals surface area contributed by atoms with Gasteiger partial charge in [-0.15, -0.1) is 9.24 Å². The lowest BCUT2D eigenvalue weighted by atomic mass is 10.1. The second kappa shape index (κ2) is 13.0. The second-order valence-electron chi connectivity index (χ2n) is 8.61. The van der Waals surface area contributed by atoms with Crippen molar-refractivity contribution in [2.45, 2.75) is 75.9 Å². The maximum Gasteiger partial charge on any atom is 0.251 e. The first-order valence-corrected chi connectivity index (χ1v) is 11.9. The van der Waals surface area contributed by atoms with Crippen LogP contribution in [0.4, 0.5) is 17.6 Å². The quantitative estimate of drug-likeness (QED) is 0.104. The molecule has 0 fully saturated rings. The summed E-state index contributed by atoms with van der Waals surface area (Å²) in [5, 5.41) is 1.76. The lowest BCUT2D eigenvalue weighted by Gasteiger charge is -2.28. The molecular weight excluding hydrogens is 481 g/mol. The van der Waals surface area contributed by atoms with Gasteiger partial charge in [-0.05, 0) is 58.7 Å². The molecule has 1 aromatic carbocycles. The van der Waals surface area contributed by atoms with Gasteiger partial charge in [0.2, 0.25) is 0 Å². The summed E-state index contributed by atoms with van der Waals surface area (Å²) in [6.45, 7) is 7.97. The average molecular weight is 514 g/mol. The molecule has 1 amide bonds. The zero-order valence-electron chi connectivity index (χ0n) is 19.6. The minimum Gasteiger partial charge on any atom is -0.379 e. The van der Waals surface area contributed by atoms with Crippen LogP contribution in [0.1, 0.15) is 59.8 Å². The van der Waals surface area contributed by atoms with Gasteiger partial charge in [-0.3, -0.25) is 9.59 Å². The summed E-state index contributed by atoms with van der Waals surface area (Å²) in [7, 11) is 3.40. The molecule has 11 heteroatoms. The van der Waals surface area contributed by atoms with E-state index in [1.54, 1.807) is 30.2 Å². The molecule has 1 rings (SSSR count). The molecule has 1 aromatic rings. The monoisotopic (exact) mass is 513 g/mol. The van der Waals surface area contributed by atoms with Crippen LogP contribution in [0.2, 0.25) is 0 Å². The molecule has 5 nitrogen and oxygen atoms in total. The van der Waals surface area contributed by atoms with Crippen molar-refractivity contribution in [3.8, 4) is 0 Å². The van der Waals surface area contributed by atoms with Crippen LogP contribution in [-0.2, 0) is 19.1 Å². The molecule has 0 aliphatic carbocycles. The molecule has 0 aliphatic rings. The fraction of sp³-hybridized carbons (Fsp3) is 0.636. The number of carbonyl (C=O) groups excluding carboxylic acids is 2. The highest BCUT2D eigenvalue weighted by Gasteiger charge is 2.29. The highest BCUT2D eigenvalue weighted by atomic mass is 32.2. The first kappa shape index (κ1) is 29.8. The van der Waals surface area contributed by atoms with Crippen LogP contribution in [-0.4, -0.2) is 42.5 Å². The van der Waals surface area contributed by atoms with Crippen LogP contribution in [0.3, 0.4) is 0 Å². The van der Waals surface area contributed by atoms with Gasteiger partial charge in [-0.1, -0.05) is 6.42 Å². The van der Waals surface area contributed by atoms with E-state index in [1.807, 2.05) is 13.8 Å². The molecule has 0 aromatic heterocycles. The van der Waals surface area contributed by atoms with Gasteiger partial charge in [0, 0.05) is 25.4 Å². The normalized spacial score (nSPS) is 12.2. The molecule has 0 saturated heterocycles. The van der Waals surface area contributed by atoms with Gasteiger partial charge in [0.25, 0.3) is 5.91 Å². The smallest absolute Gasteiger partial charge is 0.251 e. The van der Waals surface area contributed by atoms with E-state index in [1.165, 1.54) is 0 Å². The number of halogens is 4. The van der Waals surface area contributed by atoms with Crippen molar-refractivity contribution in [2.75, 3.05) is 20.3 Å². The molecule has 0 saturated carbocycles. The fourth-order valence-electron chi connectivity index (χ4n) is 2.60. The van der Waals surface area contributed by atoms with Crippen molar-refractivity contribution < 1.29 is 36.6 Å². The Balaban J connectivity index is 2.35. The molecule has 33 heavy (non-hydrogen) atoms. The number of hydrogen-bond donors (Lipinski definition) is 1. The van der Waals surface area contributed by atoms with Crippen molar-refractivity contribution in [2.24, 2.45) is 0 Å². The Hall–Kier alpha value is -1.22. The van der Waals surface area contributed by atoms with Crippen LogP contribution < -0.4 is 10.6 Å². The second-order valence-corrected chi connectivity index (χ2v) is 10.3. The number of unbranched alkanes of at least 4 members (excludes halogenated alkanes) is 2. The number of methoxy groups -OCH3 is 1. The lowest BCUT2D eigenvalue weighted by molar-refractivity contribution is -0.144. The van der Waals surface area contributed by atoms with Crippen LogP contribution >= 0.6 is 21.0 Å². The Labute approximate surface area is 198 Å². The summed E-state index contributed by atoms with van der Waals surface area (Å²) in [6.07, 6.45) is 2.30. The van der Waals surface area contributed by atoms with E-state index in [0.29, 0.717) is 50.6 Å². The van der Waals surface area contributed by atoms with Gasteiger partial charge in [0.15, 0.2) is 28.4 Å². The Morgan fingerprint density at radius 3 is 2.18 bits per heavy atom.